The summed E-state index contributed by atoms with van der Waals surface area (Å²) in [5.74, 6) is 0. The van der Waals surface area contributed by atoms with Crippen LogP contribution in [0.3, 0.4) is 0 Å². The molecule has 0 N–H and O–H groups in total. The topological polar surface area (TPSA) is 45.7 Å². The highest BCUT2D eigenvalue weighted by Crippen LogP contribution is 2.55. The lowest BCUT2D eigenvalue weighted by atomic mass is 9.31. The van der Waals surface area contributed by atoms with Gasteiger partial charge in [0.25, 0.3) is 13.4 Å². The van der Waals surface area contributed by atoms with Crippen LogP contribution in [-0.4, -0.2) is 13.4 Å². The van der Waals surface area contributed by atoms with Crippen molar-refractivity contribution in [2.75, 3.05) is 29.4 Å². The maximum absolute atomic E-state index is 6.73. The van der Waals surface area contributed by atoms with E-state index in [9.17, 15) is 0 Å². The highest BCUT2D eigenvalue weighted by Gasteiger charge is 2.50. The van der Waals surface area contributed by atoms with Crippen LogP contribution in [-0.2, 0) is 0 Å². The van der Waals surface area contributed by atoms with Crippen molar-refractivity contribution in [3.63, 3.8) is 0 Å². The van der Waals surface area contributed by atoms with Gasteiger partial charge in [-0.25, -0.2) is 0 Å². The molecule has 0 spiro atoms. The molecule has 0 saturated carbocycles. The van der Waals surface area contributed by atoms with Gasteiger partial charge in [-0.15, -0.1) is 11.3 Å². The summed E-state index contributed by atoms with van der Waals surface area (Å²) in [6, 6.07) is 129. The number of rotatable bonds is 10. The van der Waals surface area contributed by atoms with E-state index in [0.29, 0.717) is 0 Å². The summed E-state index contributed by atoms with van der Waals surface area (Å²) in [7, 11) is 0. The fraction of sp³-hybridized carbons (Fsp3) is 0. The molecule has 4 aliphatic rings. The molecule has 480 valence electrons. The van der Waals surface area contributed by atoms with Gasteiger partial charge in [-0.3, -0.25) is 0 Å². The van der Waals surface area contributed by atoms with Crippen molar-refractivity contribution in [2.24, 2.45) is 0 Å². The molecule has 4 aliphatic heterocycles. The summed E-state index contributed by atoms with van der Waals surface area (Å²) in [4.78, 5) is 15.2. The monoisotopic (exact) mass is 1330 g/mol. The molecular weight excluding hydrogens is 1270 g/mol. The molecule has 22 rings (SSSR count). The van der Waals surface area contributed by atoms with Gasteiger partial charge in [0.05, 0.1) is 17.1 Å². The summed E-state index contributed by atoms with van der Waals surface area (Å²) in [5, 5.41) is 5.45. The Balaban J connectivity index is 0.903. The molecule has 0 amide bonds. The molecule has 7 heterocycles. The highest BCUT2D eigenvalue weighted by atomic mass is 32.1. The van der Waals surface area contributed by atoms with Gasteiger partial charge in [0.15, 0.2) is 0 Å². The van der Waals surface area contributed by atoms with Crippen LogP contribution < -0.4 is 61.5 Å². The standard InChI is InChI=1S/C92H58B2N6O2S/c1-7-27-59(28-8-1)95(60-29-9-2-10-30-60)67-53-80-89-81(54-67)98(65-47-49-86-72(51-65)69-39-19-24-44-84(69)101-86)78-58-79-76(57-75(78)93(89)74-42-22-23-43-77(74)97(80)63-35-15-5-16-36-63)94-90-82(99(79)66-48-50-87-73(52-66)70-40-20-25-45-85(70)102-87)55-68(96(61-31-11-3-12-32-61)62-33-13-4-14-34-62)56-83(90)100(64-37-17-6-18-38-64)91-71-41-21-26-46-88(71)103-92(91)94/h1-58H. The maximum Gasteiger partial charge on any atom is 0.264 e. The Labute approximate surface area is 599 Å². The van der Waals surface area contributed by atoms with Crippen LogP contribution in [0.2, 0.25) is 0 Å². The van der Waals surface area contributed by atoms with Crippen LogP contribution in [0, 0.1) is 0 Å². The molecular formula is C92H58B2N6O2S. The van der Waals surface area contributed by atoms with Gasteiger partial charge in [0, 0.05) is 122 Å². The second-order valence-electron chi connectivity index (χ2n) is 27.1. The normalized spacial score (nSPS) is 13.1. The van der Waals surface area contributed by atoms with Crippen molar-refractivity contribution in [3.05, 3.63) is 352 Å². The molecule has 11 heteroatoms. The molecule has 3 aromatic heterocycles. The van der Waals surface area contributed by atoms with E-state index in [1.165, 1.54) is 47.9 Å². The lowest BCUT2D eigenvalue weighted by Crippen LogP contribution is -2.65. The highest BCUT2D eigenvalue weighted by molar-refractivity contribution is 7.33. The van der Waals surface area contributed by atoms with Crippen molar-refractivity contribution in [1.29, 1.82) is 0 Å². The zero-order valence-corrected chi connectivity index (χ0v) is 56.4. The summed E-state index contributed by atoms with van der Waals surface area (Å²) in [6.07, 6.45) is 0. The van der Waals surface area contributed by atoms with E-state index in [1.54, 1.807) is 0 Å². The zero-order valence-electron chi connectivity index (χ0n) is 55.5. The molecule has 15 aromatic carbocycles. The van der Waals surface area contributed by atoms with Gasteiger partial charge in [0.2, 0.25) is 0 Å². The molecule has 103 heavy (non-hydrogen) atoms. The number of furan rings is 2. The minimum atomic E-state index is -0.242. The van der Waals surface area contributed by atoms with Crippen LogP contribution in [0.25, 0.3) is 54.0 Å². The van der Waals surface area contributed by atoms with Gasteiger partial charge >= 0.3 is 0 Å². The maximum atomic E-state index is 6.73. The van der Waals surface area contributed by atoms with E-state index < -0.39 is 0 Å². The van der Waals surface area contributed by atoms with Crippen LogP contribution in [0.1, 0.15) is 0 Å². The third-order valence-corrected chi connectivity index (χ3v) is 22.7. The first-order valence-electron chi connectivity index (χ1n) is 35.2. The van der Waals surface area contributed by atoms with E-state index in [4.69, 9.17) is 8.83 Å². The summed E-state index contributed by atoms with van der Waals surface area (Å²) < 4.78 is 16.0. The molecule has 0 atom stereocenters. The number of thiophene rings is 1. The first-order valence-corrected chi connectivity index (χ1v) is 36.0. The van der Waals surface area contributed by atoms with Gasteiger partial charge in [0.1, 0.15) is 22.3 Å². The molecule has 0 aliphatic carbocycles. The molecule has 0 radical (unpaired) electrons. The Hall–Kier alpha value is -13.2. The van der Waals surface area contributed by atoms with Crippen molar-refractivity contribution in [2.45, 2.75) is 0 Å². The Bertz CT molecular complexity index is 6370. The second kappa shape index (κ2) is 22.7. The average molecular weight is 1330 g/mol. The Morgan fingerprint density at radius 2 is 0.621 bits per heavy atom. The number of anilines is 18. The SMILES string of the molecule is c1ccc(N(c2ccccc2)c2cc3c4c(c2)N(c2ccc5oc6ccccc6c5c2)c2cc5c(cc2B4c2ccccc2N3c2ccccc2)B2c3sc4ccccc4c3N(c3ccccc3)c3cc(N(c4ccccc4)c4ccccc4)cc(c32)N5c2ccc3oc4ccccc4c3c2)cc1. The first kappa shape index (κ1) is 57.7. The Kier molecular flexibility index (Phi) is 12.7. The summed E-state index contributed by atoms with van der Waals surface area (Å²) in [6.45, 7) is -0.479. The molecule has 0 fully saturated rings. The Morgan fingerprint density at radius 1 is 0.243 bits per heavy atom. The van der Waals surface area contributed by atoms with E-state index >= 15 is 0 Å². The molecule has 0 saturated heterocycles. The first-order chi connectivity index (χ1) is 51.1. The van der Waals surface area contributed by atoms with Gasteiger partial charge in [-0.2, -0.15) is 0 Å². The number of fused-ring (bicyclic) bond motifs is 16. The number of para-hydroxylation sites is 9. The minimum absolute atomic E-state index is 0.237. The number of benzene rings is 15. The van der Waals surface area contributed by atoms with E-state index in [2.05, 4.69) is 381 Å². The van der Waals surface area contributed by atoms with Crippen LogP contribution in [0.5, 0.6) is 0 Å². The fourth-order valence-electron chi connectivity index (χ4n) is 17.3. The quantitative estimate of drug-likeness (QED) is 0.126. The number of hydrogen-bond acceptors (Lipinski definition) is 9. The van der Waals surface area contributed by atoms with Crippen LogP contribution >= 0.6 is 11.3 Å². The Morgan fingerprint density at radius 3 is 1.13 bits per heavy atom. The molecule has 18 aromatic rings. The fourth-order valence-corrected chi connectivity index (χ4v) is 18.6. The lowest BCUT2D eigenvalue weighted by Gasteiger charge is -2.47. The van der Waals surface area contributed by atoms with E-state index in [-0.39, 0.29) is 13.4 Å². The third kappa shape index (κ3) is 8.73. The average Bonchev–Trinajstić information content (AvgIpc) is 1.61. The molecule has 0 bridgehead atoms. The number of nitrogens with zero attached hydrogens (tertiary/aromatic N) is 6. The van der Waals surface area contributed by atoms with Crippen molar-refractivity contribution >= 4 is 213 Å². The van der Waals surface area contributed by atoms with Gasteiger partial charge < -0.3 is 38.2 Å². The van der Waals surface area contributed by atoms with Crippen LogP contribution in [0.4, 0.5) is 102 Å². The largest absolute Gasteiger partial charge is 0.456 e. The van der Waals surface area contributed by atoms with Crippen molar-refractivity contribution < 1.29 is 8.83 Å². The zero-order chi connectivity index (χ0) is 67.4. The molecule has 8 nitrogen and oxygen atoms in total. The lowest BCUT2D eigenvalue weighted by molar-refractivity contribution is 0.668. The number of hydrogen-bond donors (Lipinski definition) is 0. The second-order valence-corrected chi connectivity index (χ2v) is 28.2. The van der Waals surface area contributed by atoms with Gasteiger partial charge in [-0.1, -0.05) is 188 Å². The van der Waals surface area contributed by atoms with E-state index in [0.717, 1.165) is 141 Å². The predicted molar refractivity (Wildman–Crippen MR) is 434 cm³/mol. The summed E-state index contributed by atoms with van der Waals surface area (Å²) in [5.41, 5.74) is 28.8. The van der Waals surface area contributed by atoms with Crippen LogP contribution in [0.15, 0.2) is 361 Å². The smallest absolute Gasteiger partial charge is 0.264 e. The predicted octanol–water partition coefficient (Wildman–Crippen LogP) is 21.8. The van der Waals surface area contributed by atoms with E-state index in [1.807, 2.05) is 11.3 Å². The van der Waals surface area contributed by atoms with Gasteiger partial charge in [-0.05, 0) is 191 Å². The minimum Gasteiger partial charge on any atom is -0.456 e. The van der Waals surface area contributed by atoms with Crippen molar-refractivity contribution in [1.82, 2.24) is 0 Å². The van der Waals surface area contributed by atoms with Crippen molar-refractivity contribution in [3.8, 4) is 0 Å². The molecule has 0 unspecified atom stereocenters. The summed E-state index contributed by atoms with van der Waals surface area (Å²) >= 11 is 1.93. The third-order valence-electron chi connectivity index (χ3n) is 21.5.